The van der Waals surface area contributed by atoms with Gasteiger partial charge in [0.1, 0.15) is 11.6 Å². The molecule has 0 unspecified atom stereocenters. The Labute approximate surface area is 184 Å². The lowest BCUT2D eigenvalue weighted by Gasteiger charge is -2.16. The van der Waals surface area contributed by atoms with Crippen molar-refractivity contribution in [2.24, 2.45) is 5.92 Å². The first kappa shape index (κ1) is 20.2. The number of hydrogen-bond donors (Lipinski definition) is 2. The normalized spacial score (nSPS) is 14.4. The Morgan fingerprint density at radius 1 is 1.25 bits per heavy atom. The van der Waals surface area contributed by atoms with Crippen molar-refractivity contribution in [3.05, 3.63) is 60.2 Å². The first-order valence-corrected chi connectivity index (χ1v) is 10.7. The number of nitrogens with one attached hydrogen (secondary N) is 1. The Morgan fingerprint density at radius 2 is 2.06 bits per heavy atom. The van der Waals surface area contributed by atoms with E-state index >= 15 is 0 Å². The summed E-state index contributed by atoms with van der Waals surface area (Å²) in [5.41, 5.74) is 8.94. The molecule has 0 bridgehead atoms. The summed E-state index contributed by atoms with van der Waals surface area (Å²) in [5, 5.41) is 7.69. The van der Waals surface area contributed by atoms with E-state index in [1.54, 1.807) is 41.2 Å². The minimum absolute atomic E-state index is 0.114. The lowest BCUT2D eigenvalue weighted by Crippen LogP contribution is -2.10. The molecule has 3 aromatic heterocycles. The lowest BCUT2D eigenvalue weighted by molar-refractivity contribution is 0.280. The quantitative estimate of drug-likeness (QED) is 0.428. The molecular formula is C23H24FN7O. The van der Waals surface area contributed by atoms with E-state index in [2.05, 4.69) is 25.4 Å². The number of nitrogens with two attached hydrogens (primary N) is 1. The molecule has 5 rings (SSSR count). The van der Waals surface area contributed by atoms with E-state index in [0.717, 1.165) is 17.9 Å². The molecule has 1 aliphatic carbocycles. The van der Waals surface area contributed by atoms with E-state index in [1.807, 2.05) is 6.92 Å². The highest BCUT2D eigenvalue weighted by Crippen LogP contribution is 2.33. The highest BCUT2D eigenvalue weighted by atomic mass is 19.1. The van der Waals surface area contributed by atoms with Crippen LogP contribution in [0, 0.1) is 11.7 Å². The molecular weight excluding hydrogens is 409 g/mol. The number of ether oxygens (including phenoxy) is 1. The molecule has 164 valence electrons. The predicted molar refractivity (Wildman–Crippen MR) is 120 cm³/mol. The molecule has 1 atom stereocenters. The molecule has 0 saturated heterocycles. The number of aromatic nitrogens is 5. The fraction of sp³-hybridized carbons (Fsp3) is 0.304. The molecule has 1 saturated carbocycles. The van der Waals surface area contributed by atoms with Crippen LogP contribution in [0.1, 0.15) is 37.8 Å². The van der Waals surface area contributed by atoms with Gasteiger partial charge in [0, 0.05) is 24.5 Å². The average molecular weight is 433 g/mol. The van der Waals surface area contributed by atoms with Crippen molar-refractivity contribution in [1.82, 2.24) is 24.6 Å². The minimum atomic E-state index is -0.271. The van der Waals surface area contributed by atoms with Crippen LogP contribution in [-0.4, -0.2) is 31.2 Å². The number of halogens is 1. The van der Waals surface area contributed by atoms with E-state index < -0.39 is 0 Å². The lowest BCUT2D eigenvalue weighted by atomic mass is 10.1. The van der Waals surface area contributed by atoms with E-state index in [4.69, 9.17) is 10.5 Å². The van der Waals surface area contributed by atoms with Crippen LogP contribution in [0.2, 0.25) is 0 Å². The Bertz CT molecular complexity index is 1240. The van der Waals surface area contributed by atoms with Gasteiger partial charge in [0.05, 0.1) is 17.9 Å². The third-order valence-corrected chi connectivity index (χ3v) is 5.57. The highest BCUT2D eigenvalue weighted by Gasteiger charge is 2.22. The monoisotopic (exact) mass is 433 g/mol. The Morgan fingerprint density at radius 3 is 2.84 bits per heavy atom. The molecule has 0 aliphatic heterocycles. The van der Waals surface area contributed by atoms with Crippen LogP contribution in [0.4, 0.5) is 16.0 Å². The van der Waals surface area contributed by atoms with Crippen LogP contribution >= 0.6 is 0 Å². The molecule has 1 aromatic carbocycles. The fourth-order valence-corrected chi connectivity index (χ4v) is 3.62. The van der Waals surface area contributed by atoms with Crippen LogP contribution in [0.25, 0.3) is 16.9 Å². The van der Waals surface area contributed by atoms with Crippen LogP contribution in [0.3, 0.4) is 0 Å². The third kappa shape index (κ3) is 4.32. The third-order valence-electron chi connectivity index (χ3n) is 5.57. The Hall–Kier alpha value is -3.75. The molecule has 1 fully saturated rings. The zero-order valence-electron chi connectivity index (χ0n) is 17.7. The number of hydrogen-bond acceptors (Lipinski definition) is 7. The molecule has 32 heavy (non-hydrogen) atoms. The summed E-state index contributed by atoms with van der Waals surface area (Å²) in [4.78, 5) is 13.6. The SMILES string of the molecule is C[C@H](Nc1cc(-c2c(N)nn3cccnc23)nc(OCCC2CC2)n1)c1ccc(F)cc1. The van der Waals surface area contributed by atoms with Crippen LogP contribution in [-0.2, 0) is 0 Å². The minimum Gasteiger partial charge on any atom is -0.463 e. The van der Waals surface area contributed by atoms with Crippen LogP contribution in [0.15, 0.2) is 48.8 Å². The van der Waals surface area contributed by atoms with Crippen molar-refractivity contribution >= 4 is 17.3 Å². The Kier molecular flexibility index (Phi) is 5.30. The van der Waals surface area contributed by atoms with E-state index in [1.165, 1.54) is 25.0 Å². The maximum absolute atomic E-state index is 13.3. The number of benzene rings is 1. The second-order valence-corrected chi connectivity index (χ2v) is 8.07. The van der Waals surface area contributed by atoms with Gasteiger partial charge in [0.2, 0.25) is 0 Å². The number of nitrogen functional groups attached to an aromatic ring is 1. The van der Waals surface area contributed by atoms with Gasteiger partial charge in [-0.15, -0.1) is 5.10 Å². The Balaban J connectivity index is 1.49. The highest BCUT2D eigenvalue weighted by molar-refractivity contribution is 5.85. The first-order chi connectivity index (χ1) is 15.6. The summed E-state index contributed by atoms with van der Waals surface area (Å²) >= 11 is 0. The number of rotatable bonds is 8. The van der Waals surface area contributed by atoms with Gasteiger partial charge in [-0.2, -0.15) is 9.97 Å². The van der Waals surface area contributed by atoms with Crippen molar-refractivity contribution < 1.29 is 9.13 Å². The molecule has 8 nitrogen and oxygen atoms in total. The van der Waals surface area contributed by atoms with Gasteiger partial charge in [-0.3, -0.25) is 0 Å². The summed E-state index contributed by atoms with van der Waals surface area (Å²) in [6.45, 7) is 2.54. The first-order valence-electron chi connectivity index (χ1n) is 10.7. The summed E-state index contributed by atoms with van der Waals surface area (Å²) in [7, 11) is 0. The van der Waals surface area contributed by atoms with Gasteiger partial charge in [0.25, 0.3) is 0 Å². The summed E-state index contributed by atoms with van der Waals surface area (Å²) in [6.07, 6.45) is 6.98. The molecule has 4 aromatic rings. The topological polar surface area (TPSA) is 103 Å². The maximum Gasteiger partial charge on any atom is 0.318 e. The molecule has 3 heterocycles. The fourth-order valence-electron chi connectivity index (χ4n) is 3.62. The van der Waals surface area contributed by atoms with Crippen molar-refractivity contribution in [3.8, 4) is 17.3 Å². The van der Waals surface area contributed by atoms with Crippen molar-refractivity contribution in [3.63, 3.8) is 0 Å². The summed E-state index contributed by atoms with van der Waals surface area (Å²) < 4.78 is 20.8. The standard InChI is InChI=1S/C23H24FN7O/c1-14(16-5-7-17(24)8-6-16)27-19-13-18(28-23(29-19)32-12-9-15-3-4-15)20-21(25)30-31-11-2-10-26-22(20)31/h2,5-8,10-11,13-15H,3-4,9,12H2,1H3,(H2,25,30)(H,27,28,29)/t14-/m0/s1. The van der Waals surface area contributed by atoms with E-state index in [0.29, 0.717) is 35.1 Å². The van der Waals surface area contributed by atoms with Gasteiger partial charge in [-0.1, -0.05) is 25.0 Å². The van der Waals surface area contributed by atoms with Crippen molar-refractivity contribution in [2.45, 2.75) is 32.2 Å². The number of fused-ring (bicyclic) bond motifs is 1. The molecule has 0 radical (unpaired) electrons. The second-order valence-electron chi connectivity index (χ2n) is 8.07. The van der Waals surface area contributed by atoms with E-state index in [-0.39, 0.29) is 17.9 Å². The zero-order chi connectivity index (χ0) is 22.1. The molecule has 9 heteroatoms. The molecule has 0 amide bonds. The number of anilines is 2. The van der Waals surface area contributed by atoms with E-state index in [9.17, 15) is 4.39 Å². The smallest absolute Gasteiger partial charge is 0.318 e. The average Bonchev–Trinajstić information content (AvgIpc) is 3.53. The van der Waals surface area contributed by atoms with Crippen LogP contribution < -0.4 is 15.8 Å². The van der Waals surface area contributed by atoms with Gasteiger partial charge < -0.3 is 15.8 Å². The van der Waals surface area contributed by atoms with Crippen molar-refractivity contribution in [1.29, 1.82) is 0 Å². The molecule has 0 spiro atoms. The second kappa shape index (κ2) is 8.41. The van der Waals surface area contributed by atoms with Gasteiger partial charge in [0.15, 0.2) is 11.5 Å². The largest absolute Gasteiger partial charge is 0.463 e. The van der Waals surface area contributed by atoms with Crippen LogP contribution in [0.5, 0.6) is 6.01 Å². The van der Waals surface area contributed by atoms with Gasteiger partial charge >= 0.3 is 6.01 Å². The van der Waals surface area contributed by atoms with Gasteiger partial charge in [-0.25, -0.2) is 13.9 Å². The summed E-state index contributed by atoms with van der Waals surface area (Å²) in [5.74, 6) is 1.37. The molecule has 3 N–H and O–H groups in total. The summed E-state index contributed by atoms with van der Waals surface area (Å²) in [6, 6.07) is 10.1. The van der Waals surface area contributed by atoms with Gasteiger partial charge in [-0.05, 0) is 43.0 Å². The molecule has 1 aliphatic rings. The maximum atomic E-state index is 13.3. The number of nitrogens with zero attached hydrogens (tertiary/aromatic N) is 5. The van der Waals surface area contributed by atoms with Crippen molar-refractivity contribution in [2.75, 3.05) is 17.7 Å². The zero-order valence-corrected chi connectivity index (χ0v) is 17.7. The predicted octanol–water partition coefficient (Wildman–Crippen LogP) is 4.26.